The molecule has 110 valence electrons. The second-order valence-corrected chi connectivity index (χ2v) is 5.57. The molecule has 0 spiro atoms. The molecule has 0 aliphatic rings. The lowest BCUT2D eigenvalue weighted by atomic mass is 10.2. The predicted octanol–water partition coefficient (Wildman–Crippen LogP) is 3.29. The first-order valence-corrected chi connectivity index (χ1v) is 7.54. The standard InChI is InChI=1S/C14H16N4O2S/c1-11-4-5-13(12(10-11)18(19)20)21-9-3-8-17-14-15-6-2-7-16-14/h2,4-7,10H,3,8-9H2,1H3,(H,15,16,17). The number of hydrogen-bond donors (Lipinski definition) is 1. The van der Waals surface area contributed by atoms with E-state index in [1.807, 2.05) is 19.1 Å². The molecule has 0 aliphatic carbocycles. The van der Waals surface area contributed by atoms with Gasteiger partial charge in [-0.3, -0.25) is 10.1 Å². The number of aryl methyl sites for hydroxylation is 1. The molecule has 2 aromatic rings. The molecule has 1 heterocycles. The molecule has 0 bridgehead atoms. The van der Waals surface area contributed by atoms with Crippen LogP contribution in [0.1, 0.15) is 12.0 Å². The van der Waals surface area contributed by atoms with Crippen molar-refractivity contribution in [3.05, 3.63) is 52.3 Å². The monoisotopic (exact) mass is 304 g/mol. The van der Waals surface area contributed by atoms with Gasteiger partial charge in [-0.05, 0) is 36.8 Å². The summed E-state index contributed by atoms with van der Waals surface area (Å²) < 4.78 is 0. The van der Waals surface area contributed by atoms with E-state index in [0.29, 0.717) is 10.8 Å². The minimum absolute atomic E-state index is 0.180. The molecular weight excluding hydrogens is 288 g/mol. The fraction of sp³-hybridized carbons (Fsp3) is 0.286. The summed E-state index contributed by atoms with van der Waals surface area (Å²) in [6.07, 6.45) is 4.23. The highest BCUT2D eigenvalue weighted by Crippen LogP contribution is 2.30. The number of nitro benzene ring substituents is 1. The zero-order valence-electron chi connectivity index (χ0n) is 11.7. The Bertz CT molecular complexity index is 607. The molecule has 21 heavy (non-hydrogen) atoms. The lowest BCUT2D eigenvalue weighted by molar-refractivity contribution is -0.387. The Kier molecular flexibility index (Phi) is 5.51. The first-order valence-electron chi connectivity index (χ1n) is 6.55. The van der Waals surface area contributed by atoms with Crippen LogP contribution in [0.5, 0.6) is 0 Å². The number of hydrogen-bond acceptors (Lipinski definition) is 6. The van der Waals surface area contributed by atoms with E-state index in [4.69, 9.17) is 0 Å². The number of thioether (sulfide) groups is 1. The van der Waals surface area contributed by atoms with Crippen LogP contribution in [0, 0.1) is 17.0 Å². The van der Waals surface area contributed by atoms with Gasteiger partial charge in [-0.2, -0.15) is 0 Å². The number of benzene rings is 1. The second kappa shape index (κ2) is 7.58. The van der Waals surface area contributed by atoms with Crippen LogP contribution in [0.4, 0.5) is 11.6 Å². The molecule has 0 saturated heterocycles. The van der Waals surface area contributed by atoms with Gasteiger partial charge in [-0.25, -0.2) is 9.97 Å². The lowest BCUT2D eigenvalue weighted by Crippen LogP contribution is -2.05. The molecule has 2 rings (SSSR count). The smallest absolute Gasteiger partial charge is 0.283 e. The molecule has 6 nitrogen and oxygen atoms in total. The van der Waals surface area contributed by atoms with Crippen molar-refractivity contribution in [2.24, 2.45) is 0 Å². The van der Waals surface area contributed by atoms with E-state index in [0.717, 1.165) is 24.3 Å². The summed E-state index contributed by atoms with van der Waals surface area (Å²) in [4.78, 5) is 19.5. The van der Waals surface area contributed by atoms with Gasteiger partial charge >= 0.3 is 0 Å². The maximum Gasteiger partial charge on any atom is 0.283 e. The van der Waals surface area contributed by atoms with Crippen LogP contribution < -0.4 is 5.32 Å². The third-order valence-corrected chi connectivity index (χ3v) is 3.89. The van der Waals surface area contributed by atoms with Gasteiger partial charge in [0.2, 0.25) is 5.95 Å². The third kappa shape index (κ3) is 4.71. The average molecular weight is 304 g/mol. The van der Waals surface area contributed by atoms with Crippen LogP contribution in [0.2, 0.25) is 0 Å². The summed E-state index contributed by atoms with van der Waals surface area (Å²) in [5, 5.41) is 14.1. The summed E-state index contributed by atoms with van der Waals surface area (Å²) in [5.74, 6) is 1.40. The summed E-state index contributed by atoms with van der Waals surface area (Å²) in [6.45, 7) is 2.59. The summed E-state index contributed by atoms with van der Waals surface area (Å²) in [6, 6.07) is 7.08. The first-order chi connectivity index (χ1) is 10.2. The molecule has 1 N–H and O–H groups in total. The SMILES string of the molecule is Cc1ccc(SCCCNc2ncccn2)c([N+](=O)[O-])c1. The van der Waals surface area contributed by atoms with Crippen molar-refractivity contribution in [1.29, 1.82) is 0 Å². The third-order valence-electron chi connectivity index (χ3n) is 2.74. The number of nitro groups is 1. The van der Waals surface area contributed by atoms with E-state index in [2.05, 4.69) is 15.3 Å². The number of aromatic nitrogens is 2. The molecule has 1 aromatic carbocycles. The van der Waals surface area contributed by atoms with Crippen molar-refractivity contribution >= 4 is 23.4 Å². The molecule has 0 amide bonds. The van der Waals surface area contributed by atoms with Gasteiger partial charge < -0.3 is 5.32 Å². The second-order valence-electron chi connectivity index (χ2n) is 4.43. The highest BCUT2D eigenvalue weighted by atomic mass is 32.2. The maximum atomic E-state index is 11.0. The van der Waals surface area contributed by atoms with E-state index in [9.17, 15) is 10.1 Å². The van der Waals surface area contributed by atoms with Crippen molar-refractivity contribution in [2.45, 2.75) is 18.2 Å². The van der Waals surface area contributed by atoms with E-state index >= 15 is 0 Å². The number of anilines is 1. The zero-order chi connectivity index (χ0) is 15.1. The van der Waals surface area contributed by atoms with E-state index in [1.54, 1.807) is 24.5 Å². The Hall–Kier alpha value is -2.15. The number of nitrogens with zero attached hydrogens (tertiary/aromatic N) is 3. The molecule has 0 fully saturated rings. The van der Waals surface area contributed by atoms with Crippen LogP contribution in [-0.2, 0) is 0 Å². The molecule has 1 aromatic heterocycles. The minimum atomic E-state index is -0.328. The van der Waals surface area contributed by atoms with Crippen LogP contribution in [0.3, 0.4) is 0 Å². The average Bonchev–Trinajstić information content (AvgIpc) is 2.49. The van der Waals surface area contributed by atoms with Crippen molar-refractivity contribution in [3.63, 3.8) is 0 Å². The Balaban J connectivity index is 1.80. The summed E-state index contributed by atoms with van der Waals surface area (Å²) in [7, 11) is 0. The van der Waals surface area contributed by atoms with Crippen molar-refractivity contribution in [2.75, 3.05) is 17.6 Å². The van der Waals surface area contributed by atoms with Crippen LogP contribution >= 0.6 is 11.8 Å². The van der Waals surface area contributed by atoms with Crippen molar-refractivity contribution in [1.82, 2.24) is 9.97 Å². The van der Waals surface area contributed by atoms with E-state index in [-0.39, 0.29) is 10.6 Å². The molecule has 0 atom stereocenters. The quantitative estimate of drug-likeness (QED) is 0.366. The molecule has 0 radical (unpaired) electrons. The van der Waals surface area contributed by atoms with Gasteiger partial charge in [0.05, 0.1) is 9.82 Å². The zero-order valence-corrected chi connectivity index (χ0v) is 12.5. The van der Waals surface area contributed by atoms with E-state index < -0.39 is 0 Å². The van der Waals surface area contributed by atoms with Gasteiger partial charge in [0.1, 0.15) is 0 Å². The number of rotatable bonds is 7. The topological polar surface area (TPSA) is 81.0 Å². The Morgan fingerprint density at radius 1 is 1.33 bits per heavy atom. The maximum absolute atomic E-state index is 11.0. The number of nitrogens with one attached hydrogen (secondary N) is 1. The Morgan fingerprint density at radius 2 is 2.10 bits per heavy atom. The van der Waals surface area contributed by atoms with Crippen molar-refractivity contribution in [3.8, 4) is 0 Å². The molecule has 0 saturated carbocycles. The van der Waals surface area contributed by atoms with E-state index in [1.165, 1.54) is 11.8 Å². The largest absolute Gasteiger partial charge is 0.354 e. The minimum Gasteiger partial charge on any atom is -0.354 e. The fourth-order valence-corrected chi connectivity index (χ4v) is 2.69. The fourth-order valence-electron chi connectivity index (χ4n) is 1.74. The Labute approximate surface area is 127 Å². The van der Waals surface area contributed by atoms with Gasteiger partial charge in [-0.1, -0.05) is 6.07 Å². The lowest BCUT2D eigenvalue weighted by Gasteiger charge is -2.05. The Morgan fingerprint density at radius 3 is 2.81 bits per heavy atom. The van der Waals surface area contributed by atoms with Gasteiger partial charge in [-0.15, -0.1) is 11.8 Å². The van der Waals surface area contributed by atoms with Crippen LogP contribution in [-0.4, -0.2) is 27.2 Å². The predicted molar refractivity (Wildman–Crippen MR) is 83.7 cm³/mol. The van der Waals surface area contributed by atoms with Crippen LogP contribution in [0.25, 0.3) is 0 Å². The van der Waals surface area contributed by atoms with Crippen molar-refractivity contribution < 1.29 is 4.92 Å². The molecule has 0 aliphatic heterocycles. The van der Waals surface area contributed by atoms with Gasteiger partial charge in [0, 0.05) is 25.0 Å². The molecule has 7 heteroatoms. The molecular formula is C14H16N4O2S. The highest BCUT2D eigenvalue weighted by molar-refractivity contribution is 7.99. The summed E-state index contributed by atoms with van der Waals surface area (Å²) in [5.41, 5.74) is 1.08. The first kappa shape index (κ1) is 15.2. The summed E-state index contributed by atoms with van der Waals surface area (Å²) >= 11 is 1.50. The van der Waals surface area contributed by atoms with Gasteiger partial charge in [0.15, 0.2) is 0 Å². The highest BCUT2D eigenvalue weighted by Gasteiger charge is 2.13. The normalized spacial score (nSPS) is 10.3. The van der Waals surface area contributed by atoms with Crippen LogP contribution in [0.15, 0.2) is 41.6 Å². The molecule has 0 unspecified atom stereocenters. The van der Waals surface area contributed by atoms with Gasteiger partial charge in [0.25, 0.3) is 5.69 Å².